The zero-order chi connectivity index (χ0) is 23.0. The van der Waals surface area contributed by atoms with Gasteiger partial charge in [-0.25, -0.2) is 12.8 Å². The SMILES string of the molecule is Cc1ccc2c(c1)c(Cc1ncccc1S(=O)(=O)c1ccc(F)cc1)c(C)n2CC(=O)O. The minimum absolute atomic E-state index is 0.0194. The summed E-state index contributed by atoms with van der Waals surface area (Å²) in [5.41, 5.74) is 3.68. The van der Waals surface area contributed by atoms with Crippen molar-refractivity contribution < 1.29 is 22.7 Å². The summed E-state index contributed by atoms with van der Waals surface area (Å²) in [6.07, 6.45) is 1.73. The van der Waals surface area contributed by atoms with Crippen LogP contribution in [0.1, 0.15) is 22.5 Å². The lowest BCUT2D eigenvalue weighted by molar-refractivity contribution is -0.137. The maximum atomic E-state index is 13.3. The fraction of sp³-hybridized carbons (Fsp3) is 0.167. The number of halogens is 1. The Balaban J connectivity index is 1.86. The van der Waals surface area contributed by atoms with Crippen molar-refractivity contribution in [3.63, 3.8) is 0 Å². The van der Waals surface area contributed by atoms with Crippen LogP contribution >= 0.6 is 0 Å². The third-order valence-corrected chi connectivity index (χ3v) is 7.35. The van der Waals surface area contributed by atoms with Crippen molar-refractivity contribution in [3.8, 4) is 0 Å². The van der Waals surface area contributed by atoms with Crippen LogP contribution in [0.2, 0.25) is 0 Å². The summed E-state index contributed by atoms with van der Waals surface area (Å²) >= 11 is 0. The van der Waals surface area contributed by atoms with E-state index in [0.717, 1.165) is 39.9 Å². The number of aliphatic carboxylic acids is 1. The molecule has 2 heterocycles. The predicted octanol–water partition coefficient (Wildman–Crippen LogP) is 4.30. The first-order chi connectivity index (χ1) is 15.2. The molecule has 1 N–H and O–H groups in total. The van der Waals surface area contributed by atoms with Gasteiger partial charge in [-0.3, -0.25) is 9.78 Å². The van der Waals surface area contributed by atoms with E-state index in [0.29, 0.717) is 5.69 Å². The van der Waals surface area contributed by atoms with Crippen LogP contribution in [-0.2, 0) is 27.6 Å². The van der Waals surface area contributed by atoms with Gasteiger partial charge in [0.1, 0.15) is 12.4 Å². The first-order valence-corrected chi connectivity index (χ1v) is 11.4. The van der Waals surface area contributed by atoms with Crippen molar-refractivity contribution in [2.24, 2.45) is 0 Å². The molecule has 164 valence electrons. The number of hydrogen-bond acceptors (Lipinski definition) is 4. The molecule has 2 aromatic heterocycles. The van der Waals surface area contributed by atoms with Crippen LogP contribution in [-0.4, -0.2) is 29.0 Å². The molecule has 0 atom stereocenters. The minimum atomic E-state index is -3.92. The van der Waals surface area contributed by atoms with Gasteiger partial charge in [-0.1, -0.05) is 11.6 Å². The Hall–Kier alpha value is -3.52. The lowest BCUT2D eigenvalue weighted by Gasteiger charge is -2.11. The number of aryl methyl sites for hydroxylation is 1. The smallest absolute Gasteiger partial charge is 0.323 e. The molecule has 4 rings (SSSR count). The van der Waals surface area contributed by atoms with Gasteiger partial charge in [0.05, 0.1) is 15.5 Å². The molecule has 0 unspecified atom stereocenters. The second-order valence-electron chi connectivity index (χ2n) is 7.65. The molecule has 6 nitrogen and oxygen atoms in total. The number of carboxylic acid groups (broad SMARTS) is 1. The van der Waals surface area contributed by atoms with Crippen LogP contribution in [0, 0.1) is 19.7 Å². The Labute approximate surface area is 184 Å². The van der Waals surface area contributed by atoms with Gasteiger partial charge in [0.15, 0.2) is 0 Å². The Kier molecular flexibility index (Phi) is 5.56. The number of aromatic nitrogens is 2. The number of fused-ring (bicyclic) bond motifs is 1. The normalized spacial score (nSPS) is 11.7. The number of carboxylic acids is 1. The van der Waals surface area contributed by atoms with E-state index >= 15 is 0 Å². The second kappa shape index (κ2) is 8.20. The summed E-state index contributed by atoms with van der Waals surface area (Å²) in [5, 5.41) is 10.2. The van der Waals surface area contributed by atoms with Crippen molar-refractivity contribution in [2.75, 3.05) is 0 Å². The van der Waals surface area contributed by atoms with Crippen LogP contribution in [0.4, 0.5) is 4.39 Å². The molecule has 0 aliphatic carbocycles. The number of nitrogens with zero attached hydrogens (tertiary/aromatic N) is 2. The summed E-state index contributed by atoms with van der Waals surface area (Å²) in [4.78, 5) is 15.8. The third-order valence-electron chi connectivity index (χ3n) is 5.51. The second-order valence-corrected chi connectivity index (χ2v) is 9.56. The Morgan fingerprint density at radius 2 is 1.81 bits per heavy atom. The number of pyridine rings is 1. The zero-order valence-electron chi connectivity index (χ0n) is 17.5. The molecule has 0 aliphatic heterocycles. The average Bonchev–Trinajstić information content (AvgIpc) is 2.99. The first-order valence-electron chi connectivity index (χ1n) is 9.93. The van der Waals surface area contributed by atoms with Crippen molar-refractivity contribution in [2.45, 2.75) is 36.6 Å². The Morgan fingerprint density at radius 3 is 2.50 bits per heavy atom. The fourth-order valence-electron chi connectivity index (χ4n) is 3.94. The number of rotatable bonds is 6. The predicted molar refractivity (Wildman–Crippen MR) is 118 cm³/mol. The van der Waals surface area contributed by atoms with E-state index in [2.05, 4.69) is 4.98 Å². The molecule has 0 aliphatic rings. The minimum Gasteiger partial charge on any atom is -0.480 e. The van der Waals surface area contributed by atoms with E-state index in [-0.39, 0.29) is 22.8 Å². The monoisotopic (exact) mass is 452 g/mol. The molecule has 0 radical (unpaired) electrons. The number of benzene rings is 2. The van der Waals surface area contributed by atoms with Gasteiger partial charge >= 0.3 is 5.97 Å². The maximum Gasteiger partial charge on any atom is 0.323 e. The van der Waals surface area contributed by atoms with E-state index in [4.69, 9.17) is 0 Å². The van der Waals surface area contributed by atoms with Gasteiger partial charge in [0.2, 0.25) is 9.84 Å². The van der Waals surface area contributed by atoms with Crippen LogP contribution in [0.5, 0.6) is 0 Å². The fourth-order valence-corrected chi connectivity index (χ4v) is 5.38. The average molecular weight is 453 g/mol. The van der Waals surface area contributed by atoms with Crippen LogP contribution < -0.4 is 0 Å². The van der Waals surface area contributed by atoms with Gasteiger partial charge in [-0.2, -0.15) is 0 Å². The summed E-state index contributed by atoms with van der Waals surface area (Å²) in [6.45, 7) is 3.57. The number of sulfone groups is 1. The molecule has 8 heteroatoms. The van der Waals surface area contributed by atoms with E-state index in [1.54, 1.807) is 10.6 Å². The van der Waals surface area contributed by atoms with Crippen molar-refractivity contribution in [1.82, 2.24) is 9.55 Å². The van der Waals surface area contributed by atoms with Crippen molar-refractivity contribution >= 4 is 26.7 Å². The first kappa shape index (κ1) is 21.7. The highest BCUT2D eigenvalue weighted by atomic mass is 32.2. The lowest BCUT2D eigenvalue weighted by atomic mass is 10.0. The molecule has 4 aromatic rings. The molecule has 0 saturated heterocycles. The van der Waals surface area contributed by atoms with Crippen LogP contribution in [0.15, 0.2) is 70.6 Å². The molecule has 0 spiro atoms. The van der Waals surface area contributed by atoms with Crippen molar-refractivity contribution in [1.29, 1.82) is 0 Å². The largest absolute Gasteiger partial charge is 0.480 e. The summed E-state index contributed by atoms with van der Waals surface area (Å²) < 4.78 is 41.6. The van der Waals surface area contributed by atoms with Gasteiger partial charge in [0, 0.05) is 29.2 Å². The van der Waals surface area contributed by atoms with Crippen LogP contribution in [0.25, 0.3) is 10.9 Å². The zero-order valence-corrected chi connectivity index (χ0v) is 18.4. The molecule has 0 saturated carbocycles. The van der Waals surface area contributed by atoms with Crippen molar-refractivity contribution in [3.05, 3.63) is 89.1 Å². The Bertz CT molecular complexity index is 1440. The van der Waals surface area contributed by atoms with Crippen LogP contribution in [0.3, 0.4) is 0 Å². The van der Waals surface area contributed by atoms with Gasteiger partial charge < -0.3 is 9.67 Å². The summed E-state index contributed by atoms with van der Waals surface area (Å²) in [5.74, 6) is -1.48. The molecule has 0 amide bonds. The molecule has 0 fully saturated rings. The number of hydrogen-bond donors (Lipinski definition) is 1. The van der Waals surface area contributed by atoms with Gasteiger partial charge in [0.25, 0.3) is 0 Å². The van der Waals surface area contributed by atoms with E-state index < -0.39 is 21.6 Å². The number of carbonyl (C=O) groups is 1. The van der Waals surface area contributed by atoms with Gasteiger partial charge in [-0.15, -0.1) is 0 Å². The van der Waals surface area contributed by atoms with E-state index in [9.17, 15) is 22.7 Å². The highest BCUT2D eigenvalue weighted by molar-refractivity contribution is 7.91. The topological polar surface area (TPSA) is 89.3 Å². The third kappa shape index (κ3) is 3.89. The molecular weight excluding hydrogens is 431 g/mol. The summed E-state index contributed by atoms with van der Waals surface area (Å²) in [6, 6.07) is 13.5. The quantitative estimate of drug-likeness (QED) is 0.441. The molecule has 0 bridgehead atoms. The highest BCUT2D eigenvalue weighted by Crippen LogP contribution is 2.31. The molecule has 2 aromatic carbocycles. The molecule has 32 heavy (non-hydrogen) atoms. The maximum absolute atomic E-state index is 13.3. The summed E-state index contributed by atoms with van der Waals surface area (Å²) in [7, 11) is -3.92. The Morgan fingerprint density at radius 1 is 1.09 bits per heavy atom. The highest BCUT2D eigenvalue weighted by Gasteiger charge is 2.24. The van der Waals surface area contributed by atoms with E-state index in [1.165, 1.54) is 24.4 Å². The van der Waals surface area contributed by atoms with E-state index in [1.807, 2.05) is 32.0 Å². The molecular formula is C24H21FN2O4S. The van der Waals surface area contributed by atoms with Gasteiger partial charge in [-0.05, 0) is 67.9 Å². The standard InChI is InChI=1S/C24H21FN2O4S/c1-15-5-10-22-20(12-15)19(16(2)27(22)14-24(28)29)13-21-23(4-3-11-26-21)32(30,31)18-8-6-17(25)7-9-18/h3-12H,13-14H2,1-2H3,(H,28,29). The lowest BCUT2D eigenvalue weighted by Crippen LogP contribution is -2.11.